The predicted octanol–water partition coefficient (Wildman–Crippen LogP) is 3.47. The van der Waals surface area contributed by atoms with Crippen LogP contribution in [0.4, 0.5) is 0 Å². The number of hydrogen-bond acceptors (Lipinski definition) is 3. The Bertz CT molecular complexity index is 539. The highest BCUT2D eigenvalue weighted by Crippen LogP contribution is 2.07. The molecule has 0 radical (unpaired) electrons. The van der Waals surface area contributed by atoms with E-state index in [1.165, 1.54) is 0 Å². The van der Waals surface area contributed by atoms with Crippen LogP contribution in [0, 0.1) is 0 Å². The van der Waals surface area contributed by atoms with E-state index in [1.54, 1.807) is 12.3 Å². The molecule has 0 saturated carbocycles. The normalized spacial score (nSPS) is 9.18. The Balaban J connectivity index is 2.67. The molecule has 3 nitrogen and oxygen atoms in total. The topological polar surface area (TPSA) is 38.9 Å². The Kier molecular flexibility index (Phi) is 4.06. The minimum Gasteiger partial charge on any atom is -0.339 e. The van der Waals surface area contributed by atoms with Crippen LogP contribution in [0.5, 0.6) is 0 Å². The van der Waals surface area contributed by atoms with Crippen molar-refractivity contribution in [1.82, 2.24) is 10.4 Å². The number of aromatic nitrogens is 2. The number of benzene rings is 1. The highest BCUT2D eigenvalue weighted by Gasteiger charge is 1.86. The second-order valence-electron chi connectivity index (χ2n) is 3.30. The number of fused-ring (bicyclic) bond motifs is 1. The molecular formula is C14H12N2O. The zero-order valence-corrected chi connectivity index (χ0v) is 9.23. The lowest BCUT2D eigenvalue weighted by Gasteiger charge is -1.87. The number of para-hydroxylation sites is 1. The molecule has 0 fully saturated rings. The molecule has 1 aromatic heterocycles. The molecule has 1 heterocycles. The summed E-state index contributed by atoms with van der Waals surface area (Å²) in [6.07, 6.45) is 1.57. The van der Waals surface area contributed by atoms with Crippen LogP contribution in [0.3, 0.4) is 0 Å². The molecule has 0 aliphatic carbocycles. The molecule has 0 spiro atoms. The largest absolute Gasteiger partial charge is 0.339 e. The van der Waals surface area contributed by atoms with Gasteiger partial charge in [0.2, 0.25) is 0 Å². The maximum atomic E-state index is 5.21. The van der Waals surface area contributed by atoms with Gasteiger partial charge in [-0.2, -0.15) is 0 Å². The third kappa shape index (κ3) is 3.57. The van der Waals surface area contributed by atoms with E-state index in [0.29, 0.717) is 5.58 Å². The maximum absolute atomic E-state index is 5.21. The first kappa shape index (κ1) is 11.1. The fraction of sp³-hybridized carbons (Fsp3) is 0. The number of nitrogens with zero attached hydrogens (tertiary/aromatic N) is 2. The molecule has 0 amide bonds. The summed E-state index contributed by atoms with van der Waals surface area (Å²) in [5.41, 5.74) is 0.682. The van der Waals surface area contributed by atoms with Gasteiger partial charge in [0.05, 0.1) is 6.20 Å². The second-order valence-corrected chi connectivity index (χ2v) is 3.30. The Morgan fingerprint density at radius 3 is 2.24 bits per heavy atom. The summed E-state index contributed by atoms with van der Waals surface area (Å²) < 4.78 is 5.21. The van der Waals surface area contributed by atoms with Crippen LogP contribution in [0.25, 0.3) is 11.0 Å². The summed E-state index contributed by atoms with van der Waals surface area (Å²) in [5.74, 6) is 0. The van der Waals surface area contributed by atoms with Crippen molar-refractivity contribution in [3.05, 3.63) is 72.9 Å². The van der Waals surface area contributed by atoms with E-state index < -0.39 is 0 Å². The highest BCUT2D eigenvalue weighted by atomic mass is 16.5. The molecule has 1 aromatic carbocycles. The third-order valence-electron chi connectivity index (χ3n) is 2.09. The van der Waals surface area contributed by atoms with E-state index in [0.717, 1.165) is 5.39 Å². The quantitative estimate of drug-likeness (QED) is 0.687. The summed E-state index contributed by atoms with van der Waals surface area (Å²) in [6.45, 7) is 0. The Labute approximate surface area is 99.4 Å². The SMILES string of the molecule is c1ccccc2ccccc2onnccc1. The van der Waals surface area contributed by atoms with Crippen LogP contribution in [0.2, 0.25) is 0 Å². The fourth-order valence-electron chi connectivity index (χ4n) is 1.30. The van der Waals surface area contributed by atoms with Crippen LogP contribution in [-0.4, -0.2) is 10.4 Å². The molecule has 0 bridgehead atoms. The van der Waals surface area contributed by atoms with E-state index in [1.807, 2.05) is 60.7 Å². The number of rotatable bonds is 0. The molecule has 0 N–H and O–H groups in total. The summed E-state index contributed by atoms with van der Waals surface area (Å²) in [4.78, 5) is 0. The molecule has 84 valence electrons. The van der Waals surface area contributed by atoms with Crippen LogP contribution >= 0.6 is 0 Å². The van der Waals surface area contributed by atoms with Crippen LogP contribution in [-0.2, 0) is 0 Å². The van der Waals surface area contributed by atoms with Gasteiger partial charge >= 0.3 is 0 Å². The zero-order valence-electron chi connectivity index (χ0n) is 9.23. The molecule has 17 heavy (non-hydrogen) atoms. The van der Waals surface area contributed by atoms with Crippen molar-refractivity contribution >= 4 is 11.0 Å². The Morgan fingerprint density at radius 2 is 1.35 bits per heavy atom. The van der Waals surface area contributed by atoms with Crippen molar-refractivity contribution in [1.29, 1.82) is 0 Å². The zero-order chi connectivity index (χ0) is 11.8. The third-order valence-corrected chi connectivity index (χ3v) is 2.09. The summed E-state index contributed by atoms with van der Waals surface area (Å²) in [5, 5.41) is 8.35. The minimum absolute atomic E-state index is 0.682. The molecule has 0 aliphatic heterocycles. The molecule has 3 heteroatoms. The lowest BCUT2D eigenvalue weighted by atomic mass is 10.2. The van der Waals surface area contributed by atoms with Gasteiger partial charge in [-0.25, -0.2) is 0 Å². The molecular weight excluding hydrogens is 212 g/mol. The Hall–Kier alpha value is -2.42. The van der Waals surface area contributed by atoms with Gasteiger partial charge < -0.3 is 4.52 Å². The van der Waals surface area contributed by atoms with Crippen molar-refractivity contribution in [2.75, 3.05) is 0 Å². The van der Waals surface area contributed by atoms with Gasteiger partial charge in [-0.15, -0.1) is 5.10 Å². The lowest BCUT2D eigenvalue weighted by molar-refractivity contribution is 0.403. The minimum atomic E-state index is 0.682. The first-order valence-corrected chi connectivity index (χ1v) is 5.29. The molecule has 0 aliphatic rings. The maximum Gasteiger partial charge on any atom is 0.167 e. The Morgan fingerprint density at radius 1 is 0.706 bits per heavy atom. The molecule has 2 aromatic rings. The van der Waals surface area contributed by atoms with Crippen molar-refractivity contribution in [3.63, 3.8) is 0 Å². The lowest BCUT2D eigenvalue weighted by Crippen LogP contribution is -1.71. The summed E-state index contributed by atoms with van der Waals surface area (Å²) in [6, 6.07) is 21.0. The van der Waals surface area contributed by atoms with Crippen molar-refractivity contribution in [2.24, 2.45) is 0 Å². The van der Waals surface area contributed by atoms with E-state index in [9.17, 15) is 0 Å². The van der Waals surface area contributed by atoms with Crippen molar-refractivity contribution < 1.29 is 4.52 Å². The molecule has 0 saturated heterocycles. The van der Waals surface area contributed by atoms with Crippen LogP contribution in [0.1, 0.15) is 0 Å². The standard InChI is InChI=1S/C14H12N2O/c1-2-4-8-12-15-16-17-14-11-7-6-10-13(14)9-5-3-1/h1-12H. The fourth-order valence-corrected chi connectivity index (χ4v) is 1.30. The second kappa shape index (κ2) is 6.23. The van der Waals surface area contributed by atoms with E-state index >= 15 is 0 Å². The molecule has 2 rings (SSSR count). The van der Waals surface area contributed by atoms with Crippen LogP contribution in [0.15, 0.2) is 77.4 Å². The predicted molar refractivity (Wildman–Crippen MR) is 67.1 cm³/mol. The monoisotopic (exact) mass is 224 g/mol. The summed E-state index contributed by atoms with van der Waals surface area (Å²) in [7, 11) is 0. The average Bonchev–Trinajstić information content (AvgIpc) is 2.38. The number of hydrogen-bond donors (Lipinski definition) is 0. The van der Waals surface area contributed by atoms with Gasteiger partial charge in [-0.3, -0.25) is 0 Å². The van der Waals surface area contributed by atoms with Gasteiger partial charge in [0.25, 0.3) is 0 Å². The van der Waals surface area contributed by atoms with Gasteiger partial charge in [0.1, 0.15) is 0 Å². The summed E-state index contributed by atoms with van der Waals surface area (Å²) >= 11 is 0. The van der Waals surface area contributed by atoms with E-state index in [-0.39, 0.29) is 0 Å². The first-order chi connectivity index (χ1) is 8.47. The smallest absolute Gasteiger partial charge is 0.167 e. The van der Waals surface area contributed by atoms with E-state index in [2.05, 4.69) is 10.4 Å². The first-order valence-electron chi connectivity index (χ1n) is 5.29. The van der Waals surface area contributed by atoms with Crippen molar-refractivity contribution in [2.45, 2.75) is 0 Å². The molecule has 0 atom stereocenters. The molecule has 0 unspecified atom stereocenters. The average molecular weight is 224 g/mol. The van der Waals surface area contributed by atoms with Gasteiger partial charge in [0, 0.05) is 10.7 Å². The highest BCUT2D eigenvalue weighted by molar-refractivity contribution is 5.75. The van der Waals surface area contributed by atoms with Crippen LogP contribution < -0.4 is 0 Å². The van der Waals surface area contributed by atoms with Crippen molar-refractivity contribution in [3.8, 4) is 0 Å². The van der Waals surface area contributed by atoms with Gasteiger partial charge in [-0.1, -0.05) is 54.6 Å². The van der Waals surface area contributed by atoms with Gasteiger partial charge in [-0.05, 0) is 12.1 Å². The van der Waals surface area contributed by atoms with E-state index in [4.69, 9.17) is 4.52 Å². The van der Waals surface area contributed by atoms with Gasteiger partial charge in [0.15, 0.2) is 5.58 Å².